The van der Waals surface area contributed by atoms with E-state index >= 15 is 0 Å². The second-order valence-electron chi connectivity index (χ2n) is 5.05. The lowest BCUT2D eigenvalue weighted by Crippen LogP contribution is -2.47. The van der Waals surface area contributed by atoms with E-state index in [1.54, 1.807) is 25.3 Å². The van der Waals surface area contributed by atoms with E-state index < -0.39 is 0 Å². The molecule has 0 saturated carbocycles. The van der Waals surface area contributed by atoms with Gasteiger partial charge in [0.05, 0.1) is 25.4 Å². The fourth-order valence-corrected chi connectivity index (χ4v) is 2.35. The molecule has 0 radical (unpaired) electrons. The second kappa shape index (κ2) is 7.28. The molecule has 1 saturated heterocycles. The zero-order valence-electron chi connectivity index (χ0n) is 12.6. The Morgan fingerprint density at radius 1 is 1.57 bits per heavy atom. The minimum absolute atomic E-state index is 0.0227. The zero-order chi connectivity index (χ0) is 15.2. The maximum Gasteiger partial charge on any atom is 0.253 e. The van der Waals surface area contributed by atoms with Crippen molar-refractivity contribution in [3.8, 4) is 5.75 Å². The fraction of sp³-hybridized carbons (Fsp3) is 0.533. The highest BCUT2D eigenvalue weighted by atomic mass is 16.5. The molecule has 3 N–H and O–H groups in total. The monoisotopic (exact) mass is 293 g/mol. The highest BCUT2D eigenvalue weighted by Gasteiger charge is 2.20. The van der Waals surface area contributed by atoms with Gasteiger partial charge in [0.15, 0.2) is 0 Å². The van der Waals surface area contributed by atoms with E-state index in [4.69, 9.17) is 15.2 Å². The van der Waals surface area contributed by atoms with E-state index in [0.717, 1.165) is 19.6 Å². The number of nitrogens with one attached hydrogen (secondary N) is 1. The Bertz CT molecular complexity index is 493. The molecule has 21 heavy (non-hydrogen) atoms. The minimum atomic E-state index is -0.205. The molecule has 0 spiro atoms. The fourth-order valence-electron chi connectivity index (χ4n) is 2.35. The Kier molecular flexibility index (Phi) is 5.41. The van der Waals surface area contributed by atoms with Gasteiger partial charge in [-0.25, -0.2) is 0 Å². The Balaban J connectivity index is 1.92. The first-order valence-corrected chi connectivity index (χ1v) is 7.19. The van der Waals surface area contributed by atoms with Crippen LogP contribution in [-0.4, -0.2) is 56.8 Å². The molecule has 1 aromatic carbocycles. The molecule has 0 aliphatic carbocycles. The van der Waals surface area contributed by atoms with Crippen LogP contribution in [0.15, 0.2) is 18.2 Å². The molecule has 1 atom stereocenters. The Morgan fingerprint density at radius 2 is 2.38 bits per heavy atom. The third kappa shape index (κ3) is 4.09. The van der Waals surface area contributed by atoms with Crippen molar-refractivity contribution in [1.82, 2.24) is 10.2 Å². The lowest BCUT2D eigenvalue weighted by molar-refractivity contribution is -0.0246. The van der Waals surface area contributed by atoms with Crippen molar-refractivity contribution in [2.75, 3.05) is 45.6 Å². The summed E-state index contributed by atoms with van der Waals surface area (Å²) < 4.78 is 10.8. The normalized spacial score (nSPS) is 19.2. The van der Waals surface area contributed by atoms with Crippen LogP contribution < -0.4 is 15.8 Å². The van der Waals surface area contributed by atoms with E-state index in [-0.39, 0.29) is 12.0 Å². The van der Waals surface area contributed by atoms with Crippen molar-refractivity contribution in [2.45, 2.75) is 13.0 Å². The molecular weight excluding hydrogens is 270 g/mol. The quantitative estimate of drug-likeness (QED) is 0.783. The smallest absolute Gasteiger partial charge is 0.253 e. The SMILES string of the molecule is CCN1CCOC(CNC(=O)c2cc(OC)ccc2N)C1. The number of carbonyl (C=O) groups excluding carboxylic acids is 1. The molecule has 1 heterocycles. The van der Waals surface area contributed by atoms with Crippen LogP contribution >= 0.6 is 0 Å². The molecule has 6 heteroatoms. The average molecular weight is 293 g/mol. The molecule has 116 valence electrons. The second-order valence-corrected chi connectivity index (χ2v) is 5.05. The predicted octanol–water partition coefficient (Wildman–Crippen LogP) is 0.728. The van der Waals surface area contributed by atoms with Crippen LogP contribution in [0.1, 0.15) is 17.3 Å². The van der Waals surface area contributed by atoms with E-state index in [0.29, 0.717) is 30.2 Å². The van der Waals surface area contributed by atoms with Gasteiger partial charge in [-0.2, -0.15) is 0 Å². The van der Waals surface area contributed by atoms with Crippen LogP contribution in [-0.2, 0) is 4.74 Å². The molecular formula is C15H23N3O3. The first-order valence-electron chi connectivity index (χ1n) is 7.19. The number of rotatable bonds is 5. The summed E-state index contributed by atoms with van der Waals surface area (Å²) >= 11 is 0. The number of hydrogen-bond donors (Lipinski definition) is 2. The van der Waals surface area contributed by atoms with Gasteiger partial charge in [-0.1, -0.05) is 6.92 Å². The zero-order valence-corrected chi connectivity index (χ0v) is 12.6. The van der Waals surface area contributed by atoms with E-state index in [9.17, 15) is 4.79 Å². The Hall–Kier alpha value is -1.79. The maximum absolute atomic E-state index is 12.2. The van der Waals surface area contributed by atoms with E-state index in [1.807, 2.05) is 0 Å². The molecule has 1 unspecified atom stereocenters. The molecule has 0 aromatic heterocycles. The number of ether oxygens (including phenoxy) is 2. The molecule has 1 aliphatic heterocycles. The number of methoxy groups -OCH3 is 1. The minimum Gasteiger partial charge on any atom is -0.497 e. The Morgan fingerprint density at radius 3 is 3.10 bits per heavy atom. The number of benzene rings is 1. The van der Waals surface area contributed by atoms with Gasteiger partial charge in [-0.3, -0.25) is 9.69 Å². The predicted molar refractivity (Wildman–Crippen MR) is 81.6 cm³/mol. The number of nitrogens with two attached hydrogens (primary N) is 1. The van der Waals surface area contributed by atoms with Crippen molar-refractivity contribution in [3.05, 3.63) is 23.8 Å². The van der Waals surface area contributed by atoms with Crippen molar-refractivity contribution in [2.24, 2.45) is 0 Å². The van der Waals surface area contributed by atoms with Crippen LogP contribution in [0.2, 0.25) is 0 Å². The van der Waals surface area contributed by atoms with Gasteiger partial charge in [0.2, 0.25) is 0 Å². The highest BCUT2D eigenvalue weighted by Crippen LogP contribution is 2.19. The van der Waals surface area contributed by atoms with Crippen molar-refractivity contribution in [1.29, 1.82) is 0 Å². The van der Waals surface area contributed by atoms with Crippen LogP contribution in [0.4, 0.5) is 5.69 Å². The highest BCUT2D eigenvalue weighted by molar-refractivity contribution is 5.99. The Labute approximate surface area is 125 Å². The molecule has 1 aliphatic rings. The lowest BCUT2D eigenvalue weighted by Gasteiger charge is -2.32. The van der Waals surface area contributed by atoms with Crippen molar-refractivity contribution >= 4 is 11.6 Å². The third-order valence-corrected chi connectivity index (χ3v) is 3.67. The van der Waals surface area contributed by atoms with Gasteiger partial charge < -0.3 is 20.5 Å². The first kappa shape index (κ1) is 15.6. The molecule has 1 amide bonds. The van der Waals surface area contributed by atoms with Gasteiger partial charge in [-0.15, -0.1) is 0 Å². The molecule has 1 fully saturated rings. The van der Waals surface area contributed by atoms with Crippen LogP contribution in [0, 0.1) is 0 Å². The average Bonchev–Trinajstić information content (AvgIpc) is 2.53. The standard InChI is InChI=1S/C15H23N3O3/c1-3-18-6-7-21-12(10-18)9-17-15(19)13-8-11(20-2)4-5-14(13)16/h4-5,8,12H,3,6-7,9-10,16H2,1-2H3,(H,17,19). The van der Waals surface area contributed by atoms with Gasteiger partial charge in [0.1, 0.15) is 5.75 Å². The summed E-state index contributed by atoms with van der Waals surface area (Å²) in [4.78, 5) is 14.5. The largest absolute Gasteiger partial charge is 0.497 e. The molecule has 0 bridgehead atoms. The number of nitrogens with zero attached hydrogens (tertiary/aromatic N) is 1. The number of amides is 1. The van der Waals surface area contributed by atoms with Crippen LogP contribution in [0.5, 0.6) is 5.75 Å². The third-order valence-electron chi connectivity index (χ3n) is 3.67. The first-order chi connectivity index (χ1) is 10.1. The number of likely N-dealkylation sites (N-methyl/N-ethyl adjacent to an activating group) is 1. The summed E-state index contributed by atoms with van der Waals surface area (Å²) in [5.41, 5.74) is 6.71. The summed E-state index contributed by atoms with van der Waals surface area (Å²) in [6.07, 6.45) is 0.0227. The van der Waals surface area contributed by atoms with Gasteiger partial charge in [-0.05, 0) is 24.7 Å². The van der Waals surface area contributed by atoms with Gasteiger partial charge in [0.25, 0.3) is 5.91 Å². The van der Waals surface area contributed by atoms with Crippen molar-refractivity contribution in [3.63, 3.8) is 0 Å². The summed E-state index contributed by atoms with van der Waals surface area (Å²) in [6, 6.07) is 5.05. The number of nitrogen functional groups attached to an aromatic ring is 1. The maximum atomic E-state index is 12.2. The summed E-state index contributed by atoms with van der Waals surface area (Å²) in [7, 11) is 1.56. The van der Waals surface area contributed by atoms with Crippen molar-refractivity contribution < 1.29 is 14.3 Å². The van der Waals surface area contributed by atoms with Gasteiger partial charge in [0, 0.05) is 25.3 Å². The lowest BCUT2D eigenvalue weighted by atomic mass is 10.1. The molecule has 6 nitrogen and oxygen atoms in total. The number of carbonyl (C=O) groups is 1. The molecule has 2 rings (SSSR count). The number of hydrogen-bond acceptors (Lipinski definition) is 5. The molecule has 1 aromatic rings. The summed E-state index contributed by atoms with van der Waals surface area (Å²) in [5.74, 6) is 0.407. The van der Waals surface area contributed by atoms with Crippen LogP contribution in [0.25, 0.3) is 0 Å². The number of anilines is 1. The van der Waals surface area contributed by atoms with E-state index in [2.05, 4.69) is 17.1 Å². The van der Waals surface area contributed by atoms with Gasteiger partial charge >= 0.3 is 0 Å². The topological polar surface area (TPSA) is 76.8 Å². The van der Waals surface area contributed by atoms with Crippen LogP contribution in [0.3, 0.4) is 0 Å². The number of morpholine rings is 1. The summed E-state index contributed by atoms with van der Waals surface area (Å²) in [6.45, 7) is 6.09. The summed E-state index contributed by atoms with van der Waals surface area (Å²) in [5, 5.41) is 2.88. The van der Waals surface area contributed by atoms with E-state index in [1.165, 1.54) is 0 Å².